The normalized spacial score (nSPS) is 12.3. The Bertz CT molecular complexity index is 1630. The number of aldehydes is 1. The fourth-order valence-corrected chi connectivity index (χ4v) is 4.73. The van der Waals surface area contributed by atoms with Crippen molar-refractivity contribution < 1.29 is 18.9 Å². The summed E-state index contributed by atoms with van der Waals surface area (Å²) in [5.41, 5.74) is 0.0422. The molecule has 0 spiro atoms. The molecule has 11 heteroatoms. The van der Waals surface area contributed by atoms with Gasteiger partial charge in [-0.05, 0) is 19.1 Å². The van der Waals surface area contributed by atoms with Crippen LogP contribution in [0.25, 0.3) is 33.3 Å². The number of carbonyl (C=O) groups is 2. The van der Waals surface area contributed by atoms with Crippen LogP contribution in [0.15, 0.2) is 65.1 Å². The number of rotatable bonds is 7. The molecule has 0 aliphatic rings. The molecule has 10 nitrogen and oxygen atoms in total. The van der Waals surface area contributed by atoms with E-state index in [9.17, 15) is 23.7 Å². The molecule has 1 atom stereocenters. The van der Waals surface area contributed by atoms with Crippen LogP contribution in [0.4, 0.5) is 0 Å². The van der Waals surface area contributed by atoms with Crippen LogP contribution in [-0.4, -0.2) is 46.6 Å². The number of hydrogen-bond donors (Lipinski definition) is 2. The molecule has 2 N–H and O–H groups in total. The molecule has 0 saturated carbocycles. The van der Waals surface area contributed by atoms with E-state index >= 15 is 0 Å². The van der Waals surface area contributed by atoms with Gasteiger partial charge in [0.25, 0.3) is 11.5 Å². The van der Waals surface area contributed by atoms with Crippen LogP contribution in [0.1, 0.15) is 17.3 Å². The highest BCUT2D eigenvalue weighted by molar-refractivity contribution is 7.87. The van der Waals surface area contributed by atoms with Crippen LogP contribution in [0.2, 0.25) is 0 Å². The number of fused-ring (bicyclic) bond motifs is 2. The van der Waals surface area contributed by atoms with Crippen LogP contribution in [0, 0.1) is 0 Å². The molecule has 178 valence electrons. The maximum atomic E-state index is 13.1. The predicted molar refractivity (Wildman–Crippen MR) is 133 cm³/mol. The molecule has 0 bridgehead atoms. The van der Waals surface area contributed by atoms with Gasteiger partial charge in [-0.15, -0.1) is 0 Å². The third-order valence-electron chi connectivity index (χ3n) is 5.34. The Morgan fingerprint density at radius 2 is 2.03 bits per heavy atom. The van der Waals surface area contributed by atoms with Gasteiger partial charge in [0.05, 0.1) is 22.4 Å². The standard InChI is InChI=1S/C24H21N5O5S/c1-4-7-14(2)35(34)29-13-17(15-8-5-6-9-18(15)29)21-26-12-16-20(31)19(23(32)25-10-11-30)24(33)28(3)22(16)27-21/h4-9,11-13,31H,2,10H2,1,3H3,(H,25,32)/b7-4-. The van der Waals surface area contributed by atoms with E-state index < -0.39 is 33.8 Å². The van der Waals surface area contributed by atoms with Gasteiger partial charge in [0, 0.05) is 30.4 Å². The van der Waals surface area contributed by atoms with Gasteiger partial charge in [-0.25, -0.2) is 14.2 Å². The molecule has 4 rings (SSSR count). The number of nitrogens with one attached hydrogen (secondary N) is 1. The zero-order chi connectivity index (χ0) is 25.3. The SMILES string of the molecule is C=C(/C=C\C)S(=O)n1cc(-c2ncc3c(O)c(C(=O)NCC=O)c(=O)n(C)c3n2)c2ccccc21. The molecule has 0 aliphatic carbocycles. The number of pyridine rings is 1. The second-order valence-electron chi connectivity index (χ2n) is 7.50. The molecule has 0 saturated heterocycles. The van der Waals surface area contributed by atoms with Crippen molar-refractivity contribution in [2.75, 3.05) is 6.54 Å². The zero-order valence-corrected chi connectivity index (χ0v) is 19.7. The Labute approximate surface area is 201 Å². The Morgan fingerprint density at radius 1 is 1.29 bits per heavy atom. The van der Waals surface area contributed by atoms with E-state index in [1.165, 1.54) is 13.2 Å². The molecule has 3 aromatic heterocycles. The van der Waals surface area contributed by atoms with Crippen LogP contribution < -0.4 is 10.9 Å². The molecule has 1 amide bonds. The van der Waals surface area contributed by atoms with Crippen molar-refractivity contribution in [3.05, 3.63) is 76.2 Å². The van der Waals surface area contributed by atoms with Gasteiger partial charge in [0.15, 0.2) is 16.8 Å². The second kappa shape index (κ2) is 9.47. The highest BCUT2D eigenvalue weighted by Gasteiger charge is 2.23. The number of aryl methyl sites for hydroxylation is 1. The minimum Gasteiger partial charge on any atom is -0.506 e. The summed E-state index contributed by atoms with van der Waals surface area (Å²) in [6.45, 7) is 5.37. The highest BCUT2D eigenvalue weighted by atomic mass is 32.2. The Kier molecular flexibility index (Phi) is 6.43. The van der Waals surface area contributed by atoms with Crippen LogP contribution >= 0.6 is 0 Å². The van der Waals surface area contributed by atoms with Crippen LogP contribution in [0.5, 0.6) is 5.75 Å². The Balaban J connectivity index is 1.91. The molecule has 3 heterocycles. The number of allylic oxidation sites excluding steroid dienone is 2. The quantitative estimate of drug-likeness (QED) is 0.299. The van der Waals surface area contributed by atoms with Gasteiger partial charge in [-0.2, -0.15) is 0 Å². The first-order valence-electron chi connectivity index (χ1n) is 10.4. The zero-order valence-electron chi connectivity index (χ0n) is 18.9. The summed E-state index contributed by atoms with van der Waals surface area (Å²) in [5.74, 6) is -1.23. The Morgan fingerprint density at radius 3 is 2.74 bits per heavy atom. The molecular weight excluding hydrogens is 470 g/mol. The Hall–Kier alpha value is -4.38. The molecule has 0 aliphatic heterocycles. The average molecular weight is 492 g/mol. The highest BCUT2D eigenvalue weighted by Crippen LogP contribution is 2.32. The van der Waals surface area contributed by atoms with Gasteiger partial charge in [0.2, 0.25) is 0 Å². The number of para-hydroxylation sites is 1. The lowest BCUT2D eigenvalue weighted by Crippen LogP contribution is -2.33. The molecule has 1 unspecified atom stereocenters. The number of aromatic hydroxyl groups is 1. The molecule has 4 aromatic rings. The van der Waals surface area contributed by atoms with Gasteiger partial charge in [-0.3, -0.25) is 18.1 Å². The number of aromatic nitrogens is 4. The third kappa shape index (κ3) is 4.06. The number of benzene rings is 1. The number of amides is 1. The fraction of sp³-hybridized carbons (Fsp3) is 0.125. The summed E-state index contributed by atoms with van der Waals surface area (Å²) in [7, 11) is -0.177. The minimum absolute atomic E-state index is 0.0841. The summed E-state index contributed by atoms with van der Waals surface area (Å²) in [4.78, 5) is 45.0. The second-order valence-corrected chi connectivity index (χ2v) is 8.91. The van der Waals surface area contributed by atoms with E-state index in [2.05, 4.69) is 21.9 Å². The monoisotopic (exact) mass is 491 g/mol. The lowest BCUT2D eigenvalue weighted by molar-refractivity contribution is -0.107. The van der Waals surface area contributed by atoms with Crippen molar-refractivity contribution in [3.8, 4) is 17.1 Å². The summed E-state index contributed by atoms with van der Waals surface area (Å²) in [5, 5.41) is 13.7. The van der Waals surface area contributed by atoms with E-state index in [4.69, 9.17) is 0 Å². The van der Waals surface area contributed by atoms with Gasteiger partial charge < -0.3 is 15.2 Å². The maximum absolute atomic E-state index is 13.1. The van der Waals surface area contributed by atoms with E-state index in [0.29, 0.717) is 22.3 Å². The molecular formula is C24H21N5O5S. The first kappa shape index (κ1) is 23.8. The van der Waals surface area contributed by atoms with Gasteiger partial charge in [-0.1, -0.05) is 30.9 Å². The van der Waals surface area contributed by atoms with Crippen molar-refractivity contribution in [2.45, 2.75) is 6.92 Å². The molecule has 1 aromatic carbocycles. The average Bonchev–Trinajstić information content (AvgIpc) is 3.25. The number of nitrogens with zero attached hydrogens (tertiary/aromatic N) is 4. The first-order valence-corrected chi connectivity index (χ1v) is 11.6. The minimum atomic E-state index is -1.59. The lowest BCUT2D eigenvalue weighted by Gasteiger charge is -2.11. The summed E-state index contributed by atoms with van der Waals surface area (Å²) < 4.78 is 15.8. The van der Waals surface area contributed by atoms with Crippen molar-refractivity contribution in [2.24, 2.45) is 7.05 Å². The van der Waals surface area contributed by atoms with Crippen molar-refractivity contribution >= 4 is 45.1 Å². The smallest absolute Gasteiger partial charge is 0.268 e. The van der Waals surface area contributed by atoms with Crippen molar-refractivity contribution in [1.29, 1.82) is 0 Å². The van der Waals surface area contributed by atoms with E-state index in [1.54, 1.807) is 22.3 Å². The summed E-state index contributed by atoms with van der Waals surface area (Å²) in [6.07, 6.45) is 6.84. The third-order valence-corrected chi connectivity index (χ3v) is 6.59. The summed E-state index contributed by atoms with van der Waals surface area (Å²) >= 11 is 0. The fourth-order valence-electron chi connectivity index (χ4n) is 3.69. The van der Waals surface area contributed by atoms with Crippen LogP contribution in [-0.2, 0) is 22.8 Å². The largest absolute Gasteiger partial charge is 0.506 e. The first-order chi connectivity index (χ1) is 16.8. The number of carbonyl (C=O) groups excluding carboxylic acids is 2. The van der Waals surface area contributed by atoms with Gasteiger partial charge in [0.1, 0.15) is 23.2 Å². The van der Waals surface area contributed by atoms with E-state index in [-0.39, 0.29) is 23.4 Å². The number of hydrogen-bond acceptors (Lipinski definition) is 7. The predicted octanol–water partition coefficient (Wildman–Crippen LogP) is 2.19. The van der Waals surface area contributed by atoms with E-state index in [0.717, 1.165) is 9.95 Å². The van der Waals surface area contributed by atoms with Crippen molar-refractivity contribution in [3.63, 3.8) is 0 Å². The molecule has 0 fully saturated rings. The topological polar surface area (TPSA) is 136 Å². The maximum Gasteiger partial charge on any atom is 0.268 e. The van der Waals surface area contributed by atoms with Crippen molar-refractivity contribution in [1.82, 2.24) is 23.8 Å². The summed E-state index contributed by atoms with van der Waals surface area (Å²) in [6, 6.07) is 7.29. The lowest BCUT2D eigenvalue weighted by atomic mass is 10.1. The van der Waals surface area contributed by atoms with Crippen LogP contribution in [0.3, 0.4) is 0 Å². The molecule has 0 radical (unpaired) electrons. The van der Waals surface area contributed by atoms with E-state index in [1.807, 2.05) is 31.2 Å². The van der Waals surface area contributed by atoms with Gasteiger partial charge >= 0.3 is 0 Å². The molecule has 35 heavy (non-hydrogen) atoms.